The van der Waals surface area contributed by atoms with Gasteiger partial charge < -0.3 is 25.6 Å². The molecule has 1 saturated carbocycles. The van der Waals surface area contributed by atoms with Gasteiger partial charge in [-0.1, -0.05) is 13.0 Å². The summed E-state index contributed by atoms with van der Waals surface area (Å²) in [4.78, 5) is 2.63. The molecule has 29 heavy (non-hydrogen) atoms. The minimum Gasteiger partial charge on any atom is -0.495 e. The van der Waals surface area contributed by atoms with Crippen molar-refractivity contribution in [2.24, 2.45) is 23.7 Å². The fourth-order valence-electron chi connectivity index (χ4n) is 5.64. The number of piperazine rings is 1. The number of nitrogens with one attached hydrogen (secondary N) is 3. The third-order valence-corrected chi connectivity index (χ3v) is 7.44. The molecule has 0 bridgehead atoms. The maximum absolute atomic E-state index is 6.68. The highest BCUT2D eigenvalue weighted by molar-refractivity contribution is 5.14. The van der Waals surface area contributed by atoms with E-state index in [-0.39, 0.29) is 5.54 Å². The smallest absolute Gasteiger partial charge is 0.101 e. The van der Waals surface area contributed by atoms with Crippen LogP contribution in [0.1, 0.15) is 46.0 Å². The van der Waals surface area contributed by atoms with E-state index in [1.54, 1.807) is 0 Å². The first-order valence-electron chi connectivity index (χ1n) is 11.9. The summed E-state index contributed by atoms with van der Waals surface area (Å²) in [6.45, 7) is 11.4. The maximum Gasteiger partial charge on any atom is 0.101 e. The van der Waals surface area contributed by atoms with E-state index in [4.69, 9.17) is 4.74 Å². The van der Waals surface area contributed by atoms with E-state index in [0.717, 1.165) is 69.9 Å². The van der Waals surface area contributed by atoms with E-state index in [0.29, 0.717) is 12.0 Å². The van der Waals surface area contributed by atoms with Gasteiger partial charge in [-0.3, -0.25) is 0 Å². The predicted molar refractivity (Wildman–Crippen MR) is 120 cm³/mol. The van der Waals surface area contributed by atoms with E-state index in [1.165, 1.54) is 25.0 Å². The van der Waals surface area contributed by atoms with Gasteiger partial charge in [-0.15, -0.1) is 0 Å². The van der Waals surface area contributed by atoms with Crippen molar-refractivity contribution in [3.63, 3.8) is 0 Å². The monoisotopic (exact) mass is 402 g/mol. The summed E-state index contributed by atoms with van der Waals surface area (Å²) in [5.74, 6) is 4.29. The van der Waals surface area contributed by atoms with Gasteiger partial charge in [-0.2, -0.15) is 0 Å². The number of nitrogens with zero attached hydrogens (tertiary/aromatic N) is 1. The number of ether oxygens (including phenoxy) is 1. The molecular weight excluding hydrogens is 360 g/mol. The van der Waals surface area contributed by atoms with Crippen LogP contribution in [0.25, 0.3) is 0 Å². The van der Waals surface area contributed by atoms with Crippen molar-refractivity contribution < 1.29 is 4.74 Å². The molecule has 2 heterocycles. The fraction of sp³-hybridized carbons (Fsp3) is 0.833. The van der Waals surface area contributed by atoms with Crippen LogP contribution < -0.4 is 16.0 Å². The van der Waals surface area contributed by atoms with Crippen LogP contribution in [0.4, 0.5) is 0 Å². The first kappa shape index (κ1) is 21.2. The molecular formula is C24H42N4O. The highest BCUT2D eigenvalue weighted by Crippen LogP contribution is 2.52. The number of piperidine rings is 1. The number of rotatable bonds is 7. The molecule has 0 aromatic heterocycles. The third kappa shape index (κ3) is 5.56. The fourth-order valence-corrected chi connectivity index (χ4v) is 5.64. The predicted octanol–water partition coefficient (Wildman–Crippen LogP) is 2.72. The molecule has 0 amide bonds. The Hall–Kier alpha value is -1.04. The molecule has 0 radical (unpaired) electrons. The topological polar surface area (TPSA) is 48.6 Å². The van der Waals surface area contributed by atoms with E-state index in [1.807, 2.05) is 7.05 Å². The maximum atomic E-state index is 6.68. The second kappa shape index (κ2) is 9.40. The molecule has 2 aliphatic carbocycles. The lowest BCUT2D eigenvalue weighted by Gasteiger charge is -2.42. The zero-order valence-corrected chi connectivity index (χ0v) is 18.8. The number of hydrogen-bond donors (Lipinski definition) is 3. The second-order valence-electron chi connectivity index (χ2n) is 10.3. The molecule has 5 heteroatoms. The summed E-state index contributed by atoms with van der Waals surface area (Å²) in [5.41, 5.74) is 0.209. The molecule has 0 aromatic carbocycles. The van der Waals surface area contributed by atoms with Crippen molar-refractivity contribution in [1.82, 2.24) is 20.9 Å². The summed E-state index contributed by atoms with van der Waals surface area (Å²) in [5, 5.41) is 10.4. The van der Waals surface area contributed by atoms with Crippen LogP contribution in [0.2, 0.25) is 0 Å². The quantitative estimate of drug-likeness (QED) is 0.611. The van der Waals surface area contributed by atoms with Crippen LogP contribution in [0, 0.1) is 23.7 Å². The van der Waals surface area contributed by atoms with Crippen LogP contribution in [-0.2, 0) is 4.74 Å². The van der Waals surface area contributed by atoms with Gasteiger partial charge in [0, 0.05) is 57.8 Å². The molecule has 164 valence electrons. The number of likely N-dealkylation sites (tertiary alicyclic amines) is 1. The third-order valence-electron chi connectivity index (χ3n) is 7.44. The molecule has 2 aliphatic heterocycles. The molecule has 5 nitrogen and oxygen atoms in total. The standard InChI is InChI=1S/C24H42N4O/c1-18-4-5-23(22(14-18)21-15-19(21)6-9-25-3)29-20-7-12-28(13-8-20)17-24(2)16-26-10-11-27-24/h5-6,9,18-22,25-27H,4,7-8,10-17H2,1-3H3/b9-6-/t18-,19-,21+,22+,24+/m0/s1. The van der Waals surface area contributed by atoms with Crippen LogP contribution in [0.15, 0.2) is 24.1 Å². The highest BCUT2D eigenvalue weighted by atomic mass is 16.5. The van der Waals surface area contributed by atoms with E-state index < -0.39 is 0 Å². The van der Waals surface area contributed by atoms with E-state index >= 15 is 0 Å². The summed E-state index contributed by atoms with van der Waals surface area (Å²) in [7, 11) is 1.98. The van der Waals surface area contributed by atoms with Gasteiger partial charge in [-0.25, -0.2) is 0 Å². The van der Waals surface area contributed by atoms with Crippen molar-refractivity contribution in [3.8, 4) is 0 Å². The summed E-state index contributed by atoms with van der Waals surface area (Å²) in [6, 6.07) is 0. The molecule has 5 atom stereocenters. The molecule has 3 N–H and O–H groups in total. The van der Waals surface area contributed by atoms with Crippen LogP contribution in [0.3, 0.4) is 0 Å². The van der Waals surface area contributed by atoms with Gasteiger partial charge in [0.05, 0.1) is 5.76 Å². The van der Waals surface area contributed by atoms with Crippen molar-refractivity contribution in [2.45, 2.75) is 57.6 Å². The van der Waals surface area contributed by atoms with E-state index in [2.05, 4.69) is 53.0 Å². The first-order valence-corrected chi connectivity index (χ1v) is 11.9. The normalized spacial score (nSPS) is 39.3. The molecule has 4 aliphatic rings. The van der Waals surface area contributed by atoms with Crippen LogP contribution in [0.5, 0.6) is 0 Å². The van der Waals surface area contributed by atoms with Crippen molar-refractivity contribution in [3.05, 3.63) is 24.1 Å². The summed E-state index contributed by atoms with van der Waals surface area (Å²) in [6.07, 6.45) is 13.4. The lowest BCUT2D eigenvalue weighted by molar-refractivity contribution is 0.0201. The molecule has 2 saturated heterocycles. The first-order chi connectivity index (χ1) is 14.1. The van der Waals surface area contributed by atoms with Gasteiger partial charge in [0.25, 0.3) is 0 Å². The molecule has 0 aromatic rings. The molecule has 0 unspecified atom stereocenters. The second-order valence-corrected chi connectivity index (χ2v) is 10.3. The highest BCUT2D eigenvalue weighted by Gasteiger charge is 2.45. The van der Waals surface area contributed by atoms with Crippen LogP contribution in [-0.4, -0.2) is 62.9 Å². The average molecular weight is 403 g/mol. The lowest BCUT2D eigenvalue weighted by Crippen LogP contribution is -2.62. The zero-order valence-electron chi connectivity index (χ0n) is 18.8. The Bertz CT molecular complexity index is 590. The van der Waals surface area contributed by atoms with Gasteiger partial charge in [0.15, 0.2) is 0 Å². The van der Waals surface area contributed by atoms with Gasteiger partial charge in [0.1, 0.15) is 6.10 Å². The number of allylic oxidation sites excluding steroid dienone is 3. The Kier molecular flexibility index (Phi) is 6.87. The van der Waals surface area contributed by atoms with Gasteiger partial charge in [0.2, 0.25) is 0 Å². The summed E-state index contributed by atoms with van der Waals surface area (Å²) >= 11 is 0. The Morgan fingerprint density at radius 3 is 2.83 bits per heavy atom. The SMILES string of the molecule is CN/C=C\[C@H]1C[C@H]1[C@H]1C[C@@H](C)CC=C1OC1CCN(C[C@@]2(C)CNCCN2)CC1. The van der Waals surface area contributed by atoms with Crippen molar-refractivity contribution in [1.29, 1.82) is 0 Å². The molecule has 4 rings (SSSR count). The van der Waals surface area contributed by atoms with Gasteiger partial charge in [-0.05, 0) is 69.1 Å². The lowest BCUT2D eigenvalue weighted by atomic mass is 9.82. The summed E-state index contributed by atoms with van der Waals surface area (Å²) < 4.78 is 6.68. The Morgan fingerprint density at radius 1 is 1.28 bits per heavy atom. The minimum atomic E-state index is 0.209. The minimum absolute atomic E-state index is 0.209. The van der Waals surface area contributed by atoms with E-state index in [9.17, 15) is 0 Å². The Labute approximate surface area is 177 Å². The average Bonchev–Trinajstić information content (AvgIpc) is 3.49. The van der Waals surface area contributed by atoms with Gasteiger partial charge >= 0.3 is 0 Å². The Balaban J connectivity index is 1.27. The zero-order chi connectivity index (χ0) is 20.3. The number of hydrogen-bond acceptors (Lipinski definition) is 5. The van der Waals surface area contributed by atoms with Crippen LogP contribution >= 0.6 is 0 Å². The van der Waals surface area contributed by atoms with Crippen molar-refractivity contribution >= 4 is 0 Å². The Morgan fingerprint density at radius 2 is 2.10 bits per heavy atom. The molecule has 3 fully saturated rings. The largest absolute Gasteiger partial charge is 0.495 e. The van der Waals surface area contributed by atoms with Crippen molar-refractivity contribution in [2.75, 3.05) is 46.3 Å². The molecule has 0 spiro atoms.